The second-order valence-electron chi connectivity index (χ2n) is 5.48. The summed E-state index contributed by atoms with van der Waals surface area (Å²) in [4.78, 5) is 7.02. The van der Waals surface area contributed by atoms with Crippen LogP contribution < -0.4 is 10.6 Å². The van der Waals surface area contributed by atoms with Gasteiger partial charge in [0, 0.05) is 31.1 Å². The molecule has 0 saturated carbocycles. The molecule has 4 heteroatoms. The van der Waals surface area contributed by atoms with Crippen molar-refractivity contribution in [2.24, 2.45) is 5.73 Å². The summed E-state index contributed by atoms with van der Waals surface area (Å²) in [6.07, 6.45) is 5.20. The molecule has 19 heavy (non-hydrogen) atoms. The monoisotopic (exact) mass is 279 g/mol. The van der Waals surface area contributed by atoms with E-state index >= 15 is 0 Å². The van der Waals surface area contributed by atoms with Gasteiger partial charge in [-0.25, -0.2) is 4.98 Å². The van der Waals surface area contributed by atoms with Crippen LogP contribution in [-0.2, 0) is 6.42 Å². The Labute approximate surface area is 121 Å². The molecule has 2 unspecified atom stereocenters. The number of anilines is 1. The fraction of sp³-hybridized carbons (Fsp3) is 0.667. The number of thioether (sulfide) groups is 1. The predicted molar refractivity (Wildman–Crippen MR) is 85.1 cm³/mol. The van der Waals surface area contributed by atoms with E-state index in [1.807, 2.05) is 18.0 Å². The van der Waals surface area contributed by atoms with E-state index in [4.69, 9.17) is 5.73 Å². The van der Waals surface area contributed by atoms with E-state index in [2.05, 4.69) is 36.8 Å². The third-order valence-electron chi connectivity index (χ3n) is 3.92. The Hall–Kier alpha value is -0.740. The number of hydrogen-bond donors (Lipinski definition) is 1. The van der Waals surface area contributed by atoms with Gasteiger partial charge in [-0.3, -0.25) is 0 Å². The molecule has 0 amide bonds. The van der Waals surface area contributed by atoms with Crippen molar-refractivity contribution < 1.29 is 0 Å². The number of rotatable bonds is 5. The minimum absolute atomic E-state index is 0.246. The van der Waals surface area contributed by atoms with E-state index in [1.54, 1.807) is 0 Å². The third kappa shape index (κ3) is 3.63. The van der Waals surface area contributed by atoms with Gasteiger partial charge in [-0.2, -0.15) is 11.8 Å². The summed E-state index contributed by atoms with van der Waals surface area (Å²) in [6.45, 7) is 4.28. The second-order valence-corrected chi connectivity index (χ2v) is 6.63. The van der Waals surface area contributed by atoms with Gasteiger partial charge in [0.05, 0.1) is 0 Å². The van der Waals surface area contributed by atoms with Crippen LogP contribution in [0, 0.1) is 6.92 Å². The van der Waals surface area contributed by atoms with Gasteiger partial charge in [-0.15, -0.1) is 0 Å². The summed E-state index contributed by atoms with van der Waals surface area (Å²) in [5, 5.41) is 0. The fourth-order valence-corrected chi connectivity index (χ4v) is 3.82. The van der Waals surface area contributed by atoms with Crippen molar-refractivity contribution >= 4 is 17.6 Å². The molecule has 0 radical (unpaired) electrons. The van der Waals surface area contributed by atoms with Crippen LogP contribution in [0.1, 0.15) is 30.9 Å². The number of aromatic nitrogens is 1. The first-order valence-electron chi connectivity index (χ1n) is 7.13. The number of hydrogen-bond acceptors (Lipinski definition) is 4. The number of aryl methyl sites for hydroxylation is 1. The maximum Gasteiger partial charge on any atom is 0.131 e. The van der Waals surface area contributed by atoms with Gasteiger partial charge >= 0.3 is 0 Å². The van der Waals surface area contributed by atoms with Crippen LogP contribution in [-0.4, -0.2) is 35.6 Å². The van der Waals surface area contributed by atoms with Crippen LogP contribution in [0.25, 0.3) is 0 Å². The Bertz CT molecular complexity index is 416. The zero-order valence-electron chi connectivity index (χ0n) is 12.2. The number of nitrogens with two attached hydrogens (primary N) is 1. The molecule has 2 N–H and O–H groups in total. The van der Waals surface area contributed by atoms with Gasteiger partial charge in [-0.1, -0.05) is 13.0 Å². The molecule has 0 bridgehead atoms. The first kappa shape index (κ1) is 14.7. The molecule has 1 aromatic rings. The Morgan fingerprint density at radius 3 is 2.95 bits per heavy atom. The highest BCUT2D eigenvalue weighted by Gasteiger charge is 2.22. The Balaban J connectivity index is 2.09. The lowest BCUT2D eigenvalue weighted by Crippen LogP contribution is -2.32. The molecule has 0 aliphatic carbocycles. The lowest BCUT2D eigenvalue weighted by atomic mass is 10.0. The van der Waals surface area contributed by atoms with Crippen molar-refractivity contribution in [1.82, 2.24) is 4.98 Å². The molecule has 2 rings (SSSR count). The van der Waals surface area contributed by atoms with E-state index in [9.17, 15) is 0 Å². The normalized spacial score (nSPS) is 20.5. The van der Waals surface area contributed by atoms with E-state index in [1.165, 1.54) is 29.1 Å². The van der Waals surface area contributed by atoms with Crippen molar-refractivity contribution in [3.8, 4) is 0 Å². The van der Waals surface area contributed by atoms with Crippen LogP contribution in [0.15, 0.2) is 12.3 Å². The van der Waals surface area contributed by atoms with E-state index in [0.717, 1.165) is 18.7 Å². The van der Waals surface area contributed by atoms with Crippen LogP contribution >= 0.6 is 11.8 Å². The maximum atomic E-state index is 6.01. The summed E-state index contributed by atoms with van der Waals surface area (Å²) in [5.41, 5.74) is 8.53. The van der Waals surface area contributed by atoms with Gasteiger partial charge in [0.2, 0.25) is 0 Å². The Kier molecular flexibility index (Phi) is 5.11. The molecule has 0 spiro atoms. The molecular formula is C15H25N3S. The highest BCUT2D eigenvalue weighted by molar-refractivity contribution is 7.99. The smallest absolute Gasteiger partial charge is 0.131 e. The molecule has 0 aromatic carbocycles. The zero-order chi connectivity index (χ0) is 13.8. The topological polar surface area (TPSA) is 42.1 Å². The van der Waals surface area contributed by atoms with Crippen molar-refractivity contribution in [3.05, 3.63) is 23.4 Å². The fourth-order valence-electron chi connectivity index (χ4n) is 2.55. The number of nitrogens with zero attached hydrogens (tertiary/aromatic N) is 2. The third-order valence-corrected chi connectivity index (χ3v) is 5.06. The highest BCUT2D eigenvalue weighted by Crippen LogP contribution is 2.27. The molecule has 2 atom stereocenters. The van der Waals surface area contributed by atoms with Crippen molar-refractivity contribution in [3.63, 3.8) is 0 Å². The molecule has 3 nitrogen and oxygen atoms in total. The molecule has 1 aliphatic heterocycles. The lowest BCUT2D eigenvalue weighted by molar-refractivity contribution is 0.643. The highest BCUT2D eigenvalue weighted by atomic mass is 32.2. The number of pyridine rings is 1. The summed E-state index contributed by atoms with van der Waals surface area (Å²) >= 11 is 2.04. The van der Waals surface area contributed by atoms with Crippen LogP contribution in [0.3, 0.4) is 0 Å². The molecule has 106 valence electrons. The summed E-state index contributed by atoms with van der Waals surface area (Å²) in [7, 11) is 2.17. The van der Waals surface area contributed by atoms with E-state index < -0.39 is 0 Å². The van der Waals surface area contributed by atoms with Gasteiger partial charge in [-0.05, 0) is 43.1 Å². The van der Waals surface area contributed by atoms with E-state index in [0.29, 0.717) is 6.04 Å². The first-order valence-corrected chi connectivity index (χ1v) is 8.29. The quantitative estimate of drug-likeness (QED) is 0.899. The minimum Gasteiger partial charge on any atom is -0.356 e. The molecule has 1 saturated heterocycles. The Morgan fingerprint density at radius 1 is 1.58 bits per heavy atom. The molecule has 1 aromatic heterocycles. The minimum atomic E-state index is 0.246. The molecular weight excluding hydrogens is 254 g/mol. The van der Waals surface area contributed by atoms with Crippen LogP contribution in [0.4, 0.5) is 5.82 Å². The predicted octanol–water partition coefficient (Wildman–Crippen LogP) is 2.61. The van der Waals surface area contributed by atoms with Crippen LogP contribution in [0.2, 0.25) is 0 Å². The van der Waals surface area contributed by atoms with Crippen LogP contribution in [0.5, 0.6) is 0 Å². The van der Waals surface area contributed by atoms with Gasteiger partial charge < -0.3 is 10.6 Å². The second kappa shape index (κ2) is 6.62. The standard InChI is InChI=1S/C15H25N3S/c1-4-13(16)8-12-7-11(2)15(17-9-12)18(3)14-5-6-19-10-14/h7,9,13-14H,4-6,8,10,16H2,1-3H3. The van der Waals surface area contributed by atoms with Crippen molar-refractivity contribution in [1.29, 1.82) is 0 Å². The maximum absolute atomic E-state index is 6.01. The van der Waals surface area contributed by atoms with Gasteiger partial charge in [0.25, 0.3) is 0 Å². The molecule has 1 fully saturated rings. The Morgan fingerprint density at radius 2 is 2.37 bits per heavy atom. The summed E-state index contributed by atoms with van der Waals surface area (Å²) in [5.74, 6) is 3.62. The van der Waals surface area contributed by atoms with Gasteiger partial charge in [0.1, 0.15) is 5.82 Å². The van der Waals surface area contributed by atoms with Crippen molar-refractivity contribution in [2.75, 3.05) is 23.5 Å². The largest absolute Gasteiger partial charge is 0.356 e. The SMILES string of the molecule is CCC(N)Cc1cnc(N(C)C2CCSC2)c(C)c1. The first-order chi connectivity index (χ1) is 9.11. The molecule has 2 heterocycles. The molecule has 1 aliphatic rings. The summed E-state index contributed by atoms with van der Waals surface area (Å²) in [6, 6.07) is 3.13. The zero-order valence-corrected chi connectivity index (χ0v) is 13.0. The lowest BCUT2D eigenvalue weighted by Gasteiger charge is -2.26. The van der Waals surface area contributed by atoms with Gasteiger partial charge in [0.15, 0.2) is 0 Å². The average Bonchev–Trinajstić information content (AvgIpc) is 2.92. The summed E-state index contributed by atoms with van der Waals surface area (Å²) < 4.78 is 0. The van der Waals surface area contributed by atoms with E-state index in [-0.39, 0.29) is 6.04 Å². The van der Waals surface area contributed by atoms with Crippen molar-refractivity contribution in [2.45, 2.75) is 45.2 Å². The average molecular weight is 279 g/mol.